The summed E-state index contributed by atoms with van der Waals surface area (Å²) < 4.78 is 1.94. The van der Waals surface area contributed by atoms with E-state index in [9.17, 15) is 4.79 Å². The van der Waals surface area contributed by atoms with Crippen LogP contribution in [0, 0.1) is 13.8 Å². The number of nitrogens with zero attached hydrogens (tertiary/aromatic N) is 2. The Hall–Kier alpha value is -1.36. The highest BCUT2D eigenvalue weighted by Gasteiger charge is 2.14. The van der Waals surface area contributed by atoms with Gasteiger partial charge in [-0.1, -0.05) is 0 Å². The number of fused-ring (bicyclic) bond motifs is 1. The molecule has 2 aromatic heterocycles. The molecule has 2 heterocycles. The third-order valence-corrected chi connectivity index (χ3v) is 3.20. The second kappa shape index (κ2) is 2.56. The molecule has 0 aromatic carbocycles. The normalized spacial score (nSPS) is 10.9. The molecule has 2 aromatic rings. The van der Waals surface area contributed by atoms with E-state index in [-0.39, 0.29) is 5.91 Å². The lowest BCUT2D eigenvalue weighted by Gasteiger charge is -1.94. The van der Waals surface area contributed by atoms with E-state index in [1.807, 2.05) is 18.2 Å². The number of carbonyl (C=O) groups excluding carboxylic acids is 1. The fourth-order valence-electron chi connectivity index (χ4n) is 1.41. The average molecular weight is 195 g/mol. The van der Waals surface area contributed by atoms with E-state index in [0.29, 0.717) is 4.88 Å². The van der Waals surface area contributed by atoms with Crippen molar-refractivity contribution in [1.29, 1.82) is 0 Å². The number of amides is 1. The number of aryl methyl sites for hydroxylation is 2. The van der Waals surface area contributed by atoms with E-state index in [4.69, 9.17) is 5.73 Å². The molecule has 68 valence electrons. The van der Waals surface area contributed by atoms with E-state index in [2.05, 4.69) is 4.98 Å². The lowest BCUT2D eigenvalue weighted by atomic mass is 10.4. The standard InChI is InChI=1S/C8H9N3OS/c1-4-7(8(9)12)13-6-3-10-5(2)11(4)6/h3H,1-2H3,(H2,9,12). The SMILES string of the molecule is Cc1ncc2sc(C(N)=O)c(C)n12. The summed E-state index contributed by atoms with van der Waals surface area (Å²) >= 11 is 1.38. The molecule has 0 atom stereocenters. The summed E-state index contributed by atoms with van der Waals surface area (Å²) in [6.07, 6.45) is 1.75. The molecular weight excluding hydrogens is 186 g/mol. The maximum atomic E-state index is 11.0. The van der Waals surface area contributed by atoms with Crippen LogP contribution in [0.5, 0.6) is 0 Å². The quantitative estimate of drug-likeness (QED) is 0.741. The zero-order valence-electron chi connectivity index (χ0n) is 7.37. The van der Waals surface area contributed by atoms with Crippen molar-refractivity contribution in [2.24, 2.45) is 5.73 Å². The van der Waals surface area contributed by atoms with Crippen molar-refractivity contribution in [3.05, 3.63) is 22.6 Å². The first-order chi connectivity index (χ1) is 6.11. The van der Waals surface area contributed by atoms with Gasteiger partial charge in [-0.15, -0.1) is 11.3 Å². The number of hydrogen-bond acceptors (Lipinski definition) is 3. The zero-order chi connectivity index (χ0) is 9.59. The van der Waals surface area contributed by atoms with Crippen molar-refractivity contribution >= 4 is 22.1 Å². The van der Waals surface area contributed by atoms with Crippen LogP contribution in [0.25, 0.3) is 4.83 Å². The Morgan fingerprint density at radius 2 is 2.31 bits per heavy atom. The smallest absolute Gasteiger partial charge is 0.260 e. The van der Waals surface area contributed by atoms with Gasteiger partial charge in [0.1, 0.15) is 15.5 Å². The highest BCUT2D eigenvalue weighted by Crippen LogP contribution is 2.23. The Labute approximate surface area is 79.0 Å². The minimum atomic E-state index is -0.370. The molecule has 1 amide bonds. The van der Waals surface area contributed by atoms with Crippen LogP contribution in [0.2, 0.25) is 0 Å². The predicted molar refractivity (Wildman–Crippen MR) is 51.1 cm³/mol. The molecule has 2 rings (SSSR count). The summed E-state index contributed by atoms with van der Waals surface area (Å²) in [5.74, 6) is 0.516. The number of imidazole rings is 1. The average Bonchev–Trinajstić information content (AvgIpc) is 2.55. The zero-order valence-corrected chi connectivity index (χ0v) is 8.18. The molecule has 0 radical (unpaired) electrons. The largest absolute Gasteiger partial charge is 0.365 e. The minimum absolute atomic E-state index is 0.370. The Morgan fingerprint density at radius 3 is 2.85 bits per heavy atom. The highest BCUT2D eigenvalue weighted by atomic mass is 32.1. The van der Waals surface area contributed by atoms with Crippen molar-refractivity contribution in [3.63, 3.8) is 0 Å². The monoisotopic (exact) mass is 195 g/mol. The van der Waals surface area contributed by atoms with Gasteiger partial charge >= 0.3 is 0 Å². The summed E-state index contributed by atoms with van der Waals surface area (Å²) in [6, 6.07) is 0. The molecular formula is C8H9N3OS. The Balaban J connectivity index is 2.82. The first-order valence-electron chi connectivity index (χ1n) is 3.84. The lowest BCUT2D eigenvalue weighted by molar-refractivity contribution is 0.100. The number of rotatable bonds is 1. The van der Waals surface area contributed by atoms with Gasteiger partial charge in [-0.3, -0.25) is 9.20 Å². The molecule has 0 unspecified atom stereocenters. The molecule has 0 spiro atoms. The Morgan fingerprint density at radius 1 is 1.62 bits per heavy atom. The van der Waals surface area contributed by atoms with Gasteiger partial charge in [-0.25, -0.2) is 4.98 Å². The number of hydrogen-bond donors (Lipinski definition) is 1. The molecule has 0 saturated heterocycles. The predicted octanol–water partition coefficient (Wildman–Crippen LogP) is 1.11. The molecule has 0 aliphatic heterocycles. The first-order valence-corrected chi connectivity index (χ1v) is 4.66. The molecule has 2 N–H and O–H groups in total. The molecule has 0 saturated carbocycles. The molecule has 0 bridgehead atoms. The maximum Gasteiger partial charge on any atom is 0.260 e. The van der Waals surface area contributed by atoms with Crippen LogP contribution in [-0.4, -0.2) is 15.3 Å². The van der Waals surface area contributed by atoms with Gasteiger partial charge in [-0.05, 0) is 13.8 Å². The van der Waals surface area contributed by atoms with Gasteiger partial charge in [0.25, 0.3) is 5.91 Å². The molecule has 0 aliphatic carbocycles. The molecule has 5 heteroatoms. The highest BCUT2D eigenvalue weighted by molar-refractivity contribution is 7.19. The summed E-state index contributed by atoms with van der Waals surface area (Å²) in [4.78, 5) is 16.7. The molecule has 0 aliphatic rings. The third kappa shape index (κ3) is 1.04. The molecule has 0 fully saturated rings. The third-order valence-electron chi connectivity index (χ3n) is 2.00. The van der Waals surface area contributed by atoms with E-state index in [1.165, 1.54) is 11.3 Å². The van der Waals surface area contributed by atoms with Crippen molar-refractivity contribution in [3.8, 4) is 0 Å². The summed E-state index contributed by atoms with van der Waals surface area (Å²) in [5.41, 5.74) is 6.10. The van der Waals surface area contributed by atoms with Crippen LogP contribution in [0.3, 0.4) is 0 Å². The van der Waals surface area contributed by atoms with E-state index < -0.39 is 0 Å². The maximum absolute atomic E-state index is 11.0. The Kier molecular flexibility index (Phi) is 1.63. The lowest BCUT2D eigenvalue weighted by Crippen LogP contribution is -2.10. The van der Waals surface area contributed by atoms with Gasteiger partial charge < -0.3 is 5.73 Å². The Bertz CT molecular complexity index is 483. The van der Waals surface area contributed by atoms with Crippen molar-refractivity contribution < 1.29 is 4.79 Å². The number of thiazole rings is 1. The number of primary amides is 1. The second-order valence-electron chi connectivity index (χ2n) is 2.86. The number of aromatic nitrogens is 2. The van der Waals surface area contributed by atoms with Gasteiger partial charge in [0.15, 0.2) is 0 Å². The fraction of sp³-hybridized carbons (Fsp3) is 0.250. The van der Waals surface area contributed by atoms with Crippen LogP contribution in [0.1, 0.15) is 21.2 Å². The van der Waals surface area contributed by atoms with Crippen molar-refractivity contribution in [2.75, 3.05) is 0 Å². The topological polar surface area (TPSA) is 60.4 Å². The van der Waals surface area contributed by atoms with Crippen molar-refractivity contribution in [1.82, 2.24) is 9.38 Å². The van der Waals surface area contributed by atoms with Gasteiger partial charge in [0.2, 0.25) is 0 Å². The van der Waals surface area contributed by atoms with E-state index in [0.717, 1.165) is 16.3 Å². The number of nitrogens with two attached hydrogens (primary N) is 1. The summed E-state index contributed by atoms with van der Waals surface area (Å²) in [5, 5.41) is 0. The van der Waals surface area contributed by atoms with Crippen LogP contribution >= 0.6 is 11.3 Å². The van der Waals surface area contributed by atoms with Crippen LogP contribution < -0.4 is 5.73 Å². The molecule has 4 nitrogen and oxygen atoms in total. The van der Waals surface area contributed by atoms with Gasteiger partial charge in [0.05, 0.1) is 6.20 Å². The second-order valence-corrected chi connectivity index (χ2v) is 3.89. The van der Waals surface area contributed by atoms with Gasteiger partial charge in [0, 0.05) is 5.69 Å². The molecule has 13 heavy (non-hydrogen) atoms. The van der Waals surface area contributed by atoms with E-state index in [1.54, 1.807) is 6.20 Å². The van der Waals surface area contributed by atoms with Crippen molar-refractivity contribution in [2.45, 2.75) is 13.8 Å². The fourth-order valence-corrected chi connectivity index (χ4v) is 2.43. The minimum Gasteiger partial charge on any atom is -0.365 e. The van der Waals surface area contributed by atoms with E-state index >= 15 is 0 Å². The first kappa shape index (κ1) is 8.25. The summed E-state index contributed by atoms with van der Waals surface area (Å²) in [6.45, 7) is 3.77. The van der Waals surface area contributed by atoms with Crippen LogP contribution in [0.4, 0.5) is 0 Å². The van der Waals surface area contributed by atoms with Crippen LogP contribution in [-0.2, 0) is 0 Å². The van der Waals surface area contributed by atoms with Crippen LogP contribution in [0.15, 0.2) is 6.20 Å². The summed E-state index contributed by atoms with van der Waals surface area (Å²) in [7, 11) is 0. The van der Waals surface area contributed by atoms with Gasteiger partial charge in [-0.2, -0.15) is 0 Å². The number of carbonyl (C=O) groups is 1.